The largest absolute Gasteiger partial charge is 0.299 e. The van der Waals surface area contributed by atoms with Gasteiger partial charge in [-0.15, -0.1) is 0 Å². The molecule has 0 atom stereocenters. The molecule has 0 aliphatic carbocycles. The van der Waals surface area contributed by atoms with Gasteiger partial charge in [-0.25, -0.2) is 0 Å². The van der Waals surface area contributed by atoms with E-state index in [9.17, 15) is 0 Å². The first-order valence-corrected chi connectivity index (χ1v) is 6.09. The lowest BCUT2D eigenvalue weighted by Crippen LogP contribution is -2.18. The highest BCUT2D eigenvalue weighted by molar-refractivity contribution is 9.10. The molecular formula is C11H13BrClN. The summed E-state index contributed by atoms with van der Waals surface area (Å²) in [5, 5.41) is 0.867. The lowest BCUT2D eigenvalue weighted by molar-refractivity contribution is 0.331. The Kier molecular flexibility index (Phi) is 3.47. The fourth-order valence-electron chi connectivity index (χ4n) is 1.83. The summed E-state index contributed by atoms with van der Waals surface area (Å²) >= 11 is 9.56. The van der Waals surface area contributed by atoms with Gasteiger partial charge in [-0.05, 0) is 43.6 Å². The minimum atomic E-state index is 0.867. The van der Waals surface area contributed by atoms with Gasteiger partial charge < -0.3 is 0 Å². The van der Waals surface area contributed by atoms with Crippen LogP contribution < -0.4 is 0 Å². The van der Waals surface area contributed by atoms with Crippen molar-refractivity contribution in [3.63, 3.8) is 0 Å². The molecule has 3 heteroatoms. The maximum absolute atomic E-state index is 6.15. The smallest absolute Gasteiger partial charge is 0.0462 e. The van der Waals surface area contributed by atoms with Crippen LogP contribution in [0.1, 0.15) is 18.4 Å². The van der Waals surface area contributed by atoms with Crippen LogP contribution in [0.4, 0.5) is 0 Å². The molecule has 1 nitrogen and oxygen atoms in total. The van der Waals surface area contributed by atoms with Gasteiger partial charge in [0.25, 0.3) is 0 Å². The van der Waals surface area contributed by atoms with Crippen LogP contribution in [-0.4, -0.2) is 18.0 Å². The Bertz CT molecular complexity index is 321. The van der Waals surface area contributed by atoms with Crippen molar-refractivity contribution in [3.05, 3.63) is 33.3 Å². The minimum absolute atomic E-state index is 0.867. The van der Waals surface area contributed by atoms with Gasteiger partial charge in [0.15, 0.2) is 0 Å². The molecule has 0 bridgehead atoms. The molecule has 76 valence electrons. The maximum Gasteiger partial charge on any atom is 0.0462 e. The van der Waals surface area contributed by atoms with Gasteiger partial charge in [0.2, 0.25) is 0 Å². The van der Waals surface area contributed by atoms with E-state index in [0.29, 0.717) is 0 Å². The zero-order valence-corrected chi connectivity index (χ0v) is 10.3. The van der Waals surface area contributed by atoms with Crippen molar-refractivity contribution in [2.24, 2.45) is 0 Å². The van der Waals surface area contributed by atoms with Crippen LogP contribution in [-0.2, 0) is 6.54 Å². The Labute approximate surface area is 98.2 Å². The topological polar surface area (TPSA) is 3.24 Å². The van der Waals surface area contributed by atoms with Gasteiger partial charge in [0.1, 0.15) is 0 Å². The lowest BCUT2D eigenvalue weighted by atomic mass is 10.2. The monoisotopic (exact) mass is 273 g/mol. The second kappa shape index (κ2) is 4.65. The predicted octanol–water partition coefficient (Wildman–Crippen LogP) is 3.70. The number of nitrogens with zero attached hydrogens (tertiary/aromatic N) is 1. The van der Waals surface area contributed by atoms with Crippen LogP contribution in [0.3, 0.4) is 0 Å². The molecule has 0 unspecified atom stereocenters. The maximum atomic E-state index is 6.15. The fraction of sp³-hybridized carbons (Fsp3) is 0.455. The Morgan fingerprint density at radius 3 is 2.64 bits per heavy atom. The summed E-state index contributed by atoms with van der Waals surface area (Å²) in [4.78, 5) is 2.45. The van der Waals surface area contributed by atoms with Crippen LogP contribution in [0.5, 0.6) is 0 Å². The van der Waals surface area contributed by atoms with Crippen molar-refractivity contribution < 1.29 is 0 Å². The molecule has 0 N–H and O–H groups in total. The molecule has 1 aliphatic heterocycles. The van der Waals surface area contributed by atoms with Crippen molar-refractivity contribution in [3.8, 4) is 0 Å². The van der Waals surface area contributed by atoms with Crippen molar-refractivity contribution in [1.29, 1.82) is 0 Å². The summed E-state index contributed by atoms with van der Waals surface area (Å²) < 4.78 is 1.05. The second-order valence-electron chi connectivity index (χ2n) is 3.72. The molecule has 0 amide bonds. The normalized spacial score (nSPS) is 17.6. The predicted molar refractivity (Wildman–Crippen MR) is 63.7 cm³/mol. The highest BCUT2D eigenvalue weighted by Crippen LogP contribution is 2.23. The summed E-state index contributed by atoms with van der Waals surface area (Å²) in [5.74, 6) is 0. The average Bonchev–Trinajstić information content (AvgIpc) is 2.62. The Hall–Kier alpha value is -0.0500. The fourth-order valence-corrected chi connectivity index (χ4v) is 2.56. The first kappa shape index (κ1) is 10.5. The average molecular weight is 275 g/mol. The standard InChI is InChI=1S/C11H13BrClN/c12-10-4-3-9(11(13)7-10)8-14-5-1-2-6-14/h3-4,7H,1-2,5-6,8H2. The van der Waals surface area contributed by atoms with Gasteiger partial charge in [-0.3, -0.25) is 4.90 Å². The summed E-state index contributed by atoms with van der Waals surface area (Å²) in [5.41, 5.74) is 1.23. The summed E-state index contributed by atoms with van der Waals surface area (Å²) in [7, 11) is 0. The van der Waals surface area contributed by atoms with Gasteiger partial charge in [0.05, 0.1) is 0 Å². The number of rotatable bonds is 2. The van der Waals surface area contributed by atoms with Crippen LogP contribution in [0.2, 0.25) is 5.02 Å². The molecular weight excluding hydrogens is 261 g/mol. The van der Waals surface area contributed by atoms with E-state index in [-0.39, 0.29) is 0 Å². The van der Waals surface area contributed by atoms with E-state index >= 15 is 0 Å². The molecule has 0 spiro atoms. The Morgan fingerprint density at radius 2 is 2.00 bits per heavy atom. The van der Waals surface area contributed by atoms with Crippen molar-refractivity contribution in [2.45, 2.75) is 19.4 Å². The van der Waals surface area contributed by atoms with Crippen molar-refractivity contribution >= 4 is 27.5 Å². The third-order valence-electron chi connectivity index (χ3n) is 2.61. The van der Waals surface area contributed by atoms with E-state index in [1.54, 1.807) is 0 Å². The first-order chi connectivity index (χ1) is 6.75. The number of hydrogen-bond donors (Lipinski definition) is 0. The molecule has 1 heterocycles. The number of likely N-dealkylation sites (tertiary alicyclic amines) is 1. The molecule has 1 fully saturated rings. The van der Waals surface area contributed by atoms with Crippen LogP contribution in [0.15, 0.2) is 22.7 Å². The second-order valence-corrected chi connectivity index (χ2v) is 5.04. The van der Waals surface area contributed by atoms with E-state index in [2.05, 4.69) is 33.0 Å². The number of benzene rings is 1. The zero-order chi connectivity index (χ0) is 9.97. The summed E-state index contributed by atoms with van der Waals surface area (Å²) in [6.45, 7) is 3.42. The molecule has 1 aromatic carbocycles. The molecule has 0 saturated carbocycles. The van der Waals surface area contributed by atoms with E-state index in [4.69, 9.17) is 11.6 Å². The van der Waals surface area contributed by atoms with Gasteiger partial charge in [0, 0.05) is 16.0 Å². The van der Waals surface area contributed by atoms with Gasteiger partial charge >= 0.3 is 0 Å². The minimum Gasteiger partial charge on any atom is -0.299 e. The summed E-state index contributed by atoms with van der Waals surface area (Å²) in [6.07, 6.45) is 2.66. The first-order valence-electron chi connectivity index (χ1n) is 4.92. The third kappa shape index (κ3) is 2.50. The van der Waals surface area contributed by atoms with E-state index in [1.165, 1.54) is 31.5 Å². The molecule has 1 aliphatic rings. The van der Waals surface area contributed by atoms with Crippen LogP contribution in [0, 0.1) is 0 Å². The van der Waals surface area contributed by atoms with Gasteiger partial charge in [-0.2, -0.15) is 0 Å². The lowest BCUT2D eigenvalue weighted by Gasteiger charge is -2.15. The van der Waals surface area contributed by atoms with Crippen LogP contribution in [0.25, 0.3) is 0 Å². The third-order valence-corrected chi connectivity index (χ3v) is 3.45. The molecule has 1 saturated heterocycles. The number of hydrogen-bond acceptors (Lipinski definition) is 1. The van der Waals surface area contributed by atoms with E-state index in [0.717, 1.165) is 16.0 Å². The zero-order valence-electron chi connectivity index (χ0n) is 7.97. The van der Waals surface area contributed by atoms with E-state index in [1.807, 2.05) is 6.07 Å². The van der Waals surface area contributed by atoms with E-state index < -0.39 is 0 Å². The molecule has 1 aromatic rings. The highest BCUT2D eigenvalue weighted by atomic mass is 79.9. The highest BCUT2D eigenvalue weighted by Gasteiger charge is 2.13. The Balaban J connectivity index is 2.08. The van der Waals surface area contributed by atoms with Crippen LogP contribution >= 0.6 is 27.5 Å². The molecule has 0 aromatic heterocycles. The van der Waals surface area contributed by atoms with Crippen molar-refractivity contribution in [2.75, 3.05) is 13.1 Å². The number of halogens is 2. The molecule has 0 radical (unpaired) electrons. The SMILES string of the molecule is Clc1cc(Br)ccc1CN1CCCC1. The summed E-state index contributed by atoms with van der Waals surface area (Å²) in [6, 6.07) is 6.12. The quantitative estimate of drug-likeness (QED) is 0.795. The Morgan fingerprint density at radius 1 is 1.29 bits per heavy atom. The molecule has 14 heavy (non-hydrogen) atoms. The molecule has 2 rings (SSSR count). The van der Waals surface area contributed by atoms with Crippen molar-refractivity contribution in [1.82, 2.24) is 4.90 Å². The van der Waals surface area contributed by atoms with Gasteiger partial charge in [-0.1, -0.05) is 33.6 Å².